The number of alkyl halides is 1. The van der Waals surface area contributed by atoms with E-state index in [1.807, 2.05) is 12.1 Å². The van der Waals surface area contributed by atoms with Crippen LogP contribution in [0.4, 0.5) is 0 Å². The van der Waals surface area contributed by atoms with Gasteiger partial charge in [-0.15, -0.1) is 11.6 Å². The molecular weight excluding hydrogens is 268 g/mol. The number of sulfone groups is 1. The van der Waals surface area contributed by atoms with Crippen LogP contribution in [0.3, 0.4) is 0 Å². The summed E-state index contributed by atoms with van der Waals surface area (Å²) in [6.07, 6.45) is 0.748. The van der Waals surface area contributed by atoms with Crippen molar-refractivity contribution in [3.63, 3.8) is 0 Å². The summed E-state index contributed by atoms with van der Waals surface area (Å²) in [5, 5.41) is 0.0335. The maximum absolute atomic E-state index is 11.7. The van der Waals surface area contributed by atoms with Crippen LogP contribution >= 0.6 is 11.6 Å². The molecule has 0 aliphatic carbocycles. The van der Waals surface area contributed by atoms with Crippen molar-refractivity contribution in [1.29, 1.82) is 0 Å². The zero-order chi connectivity index (χ0) is 14.0. The number of hydrogen-bond donors (Lipinski definition) is 0. The normalized spacial score (nSPS) is 14.5. The second kappa shape index (κ2) is 5.62. The molecule has 0 amide bonds. The average molecular weight is 289 g/mol. The van der Waals surface area contributed by atoms with Gasteiger partial charge in [-0.2, -0.15) is 0 Å². The number of rotatable bonds is 4. The van der Waals surface area contributed by atoms with Crippen LogP contribution in [0.25, 0.3) is 0 Å². The molecule has 4 heteroatoms. The summed E-state index contributed by atoms with van der Waals surface area (Å²) in [4.78, 5) is 0.385. The molecule has 1 atom stereocenters. The Labute approximate surface area is 115 Å². The van der Waals surface area contributed by atoms with Gasteiger partial charge in [0.2, 0.25) is 0 Å². The molecule has 0 saturated carbocycles. The lowest BCUT2D eigenvalue weighted by molar-refractivity contribution is 0.386. The zero-order valence-corrected chi connectivity index (χ0v) is 13.0. The molecule has 2 nitrogen and oxygen atoms in total. The van der Waals surface area contributed by atoms with E-state index in [1.54, 1.807) is 19.1 Å². The van der Waals surface area contributed by atoms with Gasteiger partial charge in [0.25, 0.3) is 0 Å². The Bertz CT molecular complexity index is 484. The van der Waals surface area contributed by atoms with Crippen LogP contribution in [0.2, 0.25) is 0 Å². The SMILES string of the molecule is CCS(=O)(=O)c1ccc(CC(Cl)C(C)(C)C)cc1. The summed E-state index contributed by atoms with van der Waals surface area (Å²) in [6.45, 7) is 7.94. The van der Waals surface area contributed by atoms with Gasteiger partial charge in [0.15, 0.2) is 9.84 Å². The second-order valence-corrected chi connectivity index (χ2v) is 8.39. The Morgan fingerprint density at radius 2 is 1.67 bits per heavy atom. The minimum absolute atomic E-state index is 0.0335. The fourth-order valence-electron chi connectivity index (χ4n) is 1.51. The maximum atomic E-state index is 11.7. The molecular formula is C14H21ClO2S. The summed E-state index contributed by atoms with van der Waals surface area (Å²) in [5.74, 6) is 0.131. The molecule has 0 aliphatic rings. The third-order valence-corrected chi connectivity index (χ3v) is 5.58. The molecule has 1 rings (SSSR count). The first-order valence-corrected chi connectivity index (χ1v) is 8.21. The van der Waals surface area contributed by atoms with Crippen LogP contribution in [-0.2, 0) is 16.3 Å². The van der Waals surface area contributed by atoms with Crippen molar-refractivity contribution in [1.82, 2.24) is 0 Å². The van der Waals surface area contributed by atoms with Crippen LogP contribution in [0, 0.1) is 5.41 Å². The van der Waals surface area contributed by atoms with Gasteiger partial charge in [-0.05, 0) is 29.5 Å². The lowest BCUT2D eigenvalue weighted by atomic mass is 9.88. The first-order chi connectivity index (χ1) is 8.16. The van der Waals surface area contributed by atoms with Gasteiger partial charge in [0.1, 0.15) is 0 Å². The summed E-state index contributed by atoms with van der Waals surface area (Å²) in [7, 11) is -3.10. The molecule has 0 saturated heterocycles. The van der Waals surface area contributed by atoms with Gasteiger partial charge < -0.3 is 0 Å². The summed E-state index contributed by atoms with van der Waals surface area (Å²) >= 11 is 6.33. The minimum atomic E-state index is -3.10. The molecule has 1 aromatic rings. The number of halogens is 1. The van der Waals surface area contributed by atoms with E-state index in [9.17, 15) is 8.42 Å². The Morgan fingerprint density at radius 1 is 1.17 bits per heavy atom. The van der Waals surface area contributed by atoms with Gasteiger partial charge in [0.05, 0.1) is 10.6 Å². The van der Waals surface area contributed by atoms with Crippen LogP contribution < -0.4 is 0 Å². The molecule has 0 aliphatic heterocycles. The Kier molecular flexibility index (Phi) is 4.84. The van der Waals surface area contributed by atoms with Gasteiger partial charge >= 0.3 is 0 Å². The Morgan fingerprint density at radius 3 is 2.06 bits per heavy atom. The highest BCUT2D eigenvalue weighted by Gasteiger charge is 2.22. The van der Waals surface area contributed by atoms with E-state index in [0.717, 1.165) is 12.0 Å². The predicted octanol–water partition coefficient (Wildman–Crippen LogP) is 3.68. The molecule has 18 heavy (non-hydrogen) atoms. The van der Waals surface area contributed by atoms with Crippen molar-refractivity contribution in [2.45, 2.75) is 44.4 Å². The van der Waals surface area contributed by atoms with Crippen molar-refractivity contribution < 1.29 is 8.42 Å². The van der Waals surface area contributed by atoms with Crippen molar-refractivity contribution in [3.8, 4) is 0 Å². The lowest BCUT2D eigenvalue weighted by Gasteiger charge is -2.25. The van der Waals surface area contributed by atoms with Crippen LogP contribution in [0.5, 0.6) is 0 Å². The van der Waals surface area contributed by atoms with Gasteiger partial charge in [-0.25, -0.2) is 8.42 Å². The highest BCUT2D eigenvalue weighted by Crippen LogP contribution is 2.27. The first kappa shape index (κ1) is 15.5. The summed E-state index contributed by atoms with van der Waals surface area (Å²) in [5.41, 5.74) is 1.11. The quantitative estimate of drug-likeness (QED) is 0.792. The van der Waals surface area contributed by atoms with Crippen molar-refractivity contribution in [3.05, 3.63) is 29.8 Å². The molecule has 0 spiro atoms. The molecule has 0 aromatic heterocycles. The predicted molar refractivity (Wildman–Crippen MR) is 77.0 cm³/mol. The second-order valence-electron chi connectivity index (χ2n) is 5.59. The smallest absolute Gasteiger partial charge is 0.178 e. The summed E-state index contributed by atoms with van der Waals surface area (Å²) in [6, 6.07) is 7.04. The van der Waals surface area contributed by atoms with E-state index in [1.165, 1.54) is 0 Å². The van der Waals surface area contributed by atoms with Gasteiger partial charge in [0, 0.05) is 5.38 Å². The highest BCUT2D eigenvalue weighted by molar-refractivity contribution is 7.91. The minimum Gasteiger partial charge on any atom is -0.224 e. The monoisotopic (exact) mass is 288 g/mol. The van der Waals surface area contributed by atoms with E-state index in [0.29, 0.717) is 4.90 Å². The molecule has 0 fully saturated rings. The van der Waals surface area contributed by atoms with E-state index in [4.69, 9.17) is 11.6 Å². The van der Waals surface area contributed by atoms with E-state index < -0.39 is 9.84 Å². The topological polar surface area (TPSA) is 34.1 Å². The Hall–Kier alpha value is -0.540. The van der Waals surface area contributed by atoms with Gasteiger partial charge in [-0.3, -0.25) is 0 Å². The van der Waals surface area contributed by atoms with E-state index >= 15 is 0 Å². The summed E-state index contributed by atoms with van der Waals surface area (Å²) < 4.78 is 23.3. The number of benzene rings is 1. The van der Waals surface area contributed by atoms with Crippen molar-refractivity contribution >= 4 is 21.4 Å². The lowest BCUT2D eigenvalue weighted by Crippen LogP contribution is -2.22. The largest absolute Gasteiger partial charge is 0.224 e. The van der Waals surface area contributed by atoms with E-state index in [2.05, 4.69) is 20.8 Å². The van der Waals surface area contributed by atoms with Crippen molar-refractivity contribution in [2.24, 2.45) is 5.41 Å². The third-order valence-electron chi connectivity index (χ3n) is 3.02. The third kappa shape index (κ3) is 3.99. The first-order valence-electron chi connectivity index (χ1n) is 6.12. The van der Waals surface area contributed by atoms with Crippen LogP contribution in [-0.4, -0.2) is 19.5 Å². The Balaban J connectivity index is 2.85. The van der Waals surface area contributed by atoms with E-state index in [-0.39, 0.29) is 16.5 Å². The van der Waals surface area contributed by atoms with Crippen LogP contribution in [0.1, 0.15) is 33.3 Å². The van der Waals surface area contributed by atoms with Crippen molar-refractivity contribution in [2.75, 3.05) is 5.75 Å². The van der Waals surface area contributed by atoms with Crippen LogP contribution in [0.15, 0.2) is 29.2 Å². The maximum Gasteiger partial charge on any atom is 0.178 e. The standard InChI is InChI=1S/C14H21ClO2S/c1-5-18(16,17)12-8-6-11(7-9-12)10-13(15)14(2,3)4/h6-9,13H,5,10H2,1-4H3. The van der Waals surface area contributed by atoms with Gasteiger partial charge in [-0.1, -0.05) is 39.8 Å². The molecule has 0 radical (unpaired) electrons. The molecule has 0 bridgehead atoms. The molecule has 0 N–H and O–H groups in total. The molecule has 1 unspecified atom stereocenters. The number of hydrogen-bond acceptors (Lipinski definition) is 2. The zero-order valence-electron chi connectivity index (χ0n) is 11.4. The molecule has 102 valence electrons. The fraction of sp³-hybridized carbons (Fsp3) is 0.571. The molecule has 0 heterocycles. The highest BCUT2D eigenvalue weighted by atomic mass is 35.5. The molecule has 1 aromatic carbocycles. The fourth-order valence-corrected chi connectivity index (χ4v) is 2.57. The average Bonchev–Trinajstić information content (AvgIpc) is 2.28.